The minimum absolute atomic E-state index is 0.000802. The molecule has 0 aromatic rings. The van der Waals surface area contributed by atoms with Crippen LogP contribution in [0.4, 0.5) is 4.79 Å². The fourth-order valence-electron chi connectivity index (χ4n) is 10.9. The van der Waals surface area contributed by atoms with Crippen molar-refractivity contribution in [1.82, 2.24) is 31.9 Å². The molecular weight excluding hydrogens is 1070 g/mol. The van der Waals surface area contributed by atoms with E-state index in [2.05, 4.69) is 36.6 Å². The lowest BCUT2D eigenvalue weighted by Gasteiger charge is -2.59. The highest BCUT2D eigenvalue weighted by atomic mass is 33.1. The number of carboxylic acid groups (broad SMARTS) is 3. The SMILES string of the molecule is COC(=O)CC(NC(=O)C(CC(=O)O)NC(=O)C(CCCNC(=N)N)NC(=O)C(CC(=O)O)NC(C)=O)C(=O)NC(CSSCCOC(=O)OCC(=O)C1(O)CCC2C3CCC4=CC(=O)C=CC4(C)C3C(O)CC21C)C(=O)O. The molecule has 3 fully saturated rings. The molecule has 0 bridgehead atoms. The number of guanidine groups is 1. The zero-order chi connectivity index (χ0) is 58.3. The number of methoxy groups -OCH3 is 1. The smallest absolute Gasteiger partial charge is 0.481 e. The van der Waals surface area contributed by atoms with Crippen LogP contribution in [0, 0.1) is 34.0 Å². The molecule has 12 unspecified atom stereocenters. The Hall–Kier alpha value is -6.79. The summed E-state index contributed by atoms with van der Waals surface area (Å²) in [5.74, 6) is -13.6. The Balaban J connectivity index is 1.30. The molecule has 5 amide bonds. The van der Waals surface area contributed by atoms with Gasteiger partial charge in [0, 0.05) is 41.7 Å². The molecule has 0 spiro atoms. The van der Waals surface area contributed by atoms with E-state index in [9.17, 15) is 83.1 Å². The third kappa shape index (κ3) is 16.6. The highest BCUT2D eigenvalue weighted by molar-refractivity contribution is 8.76. The number of esters is 1. The van der Waals surface area contributed by atoms with Gasteiger partial charge in [-0.25, -0.2) is 9.59 Å². The molecule has 12 atom stereocenters. The zero-order valence-corrected chi connectivity index (χ0v) is 44.9. The molecule has 4 rings (SSSR count). The molecule has 0 aliphatic heterocycles. The van der Waals surface area contributed by atoms with Crippen LogP contribution in [0.3, 0.4) is 0 Å². The summed E-state index contributed by atoms with van der Waals surface area (Å²) < 4.78 is 14.8. The number of nitrogens with one attached hydrogen (secondary N) is 7. The van der Waals surface area contributed by atoms with Crippen LogP contribution in [0.15, 0.2) is 23.8 Å². The summed E-state index contributed by atoms with van der Waals surface area (Å²) in [5, 5.41) is 73.0. The number of ketones is 2. The van der Waals surface area contributed by atoms with Gasteiger partial charge in [0.25, 0.3) is 0 Å². The van der Waals surface area contributed by atoms with Crippen LogP contribution in [0.1, 0.15) is 85.0 Å². The van der Waals surface area contributed by atoms with Gasteiger partial charge < -0.3 is 77.4 Å². The molecule has 78 heavy (non-hydrogen) atoms. The maximum absolute atomic E-state index is 13.6. The van der Waals surface area contributed by atoms with Crippen molar-refractivity contribution in [1.29, 1.82) is 5.41 Å². The summed E-state index contributed by atoms with van der Waals surface area (Å²) in [6.07, 6.45) is 1.64. The van der Waals surface area contributed by atoms with E-state index in [1.807, 2.05) is 13.0 Å². The molecular formula is C48H68N8O20S2. The fourth-order valence-corrected chi connectivity index (χ4v) is 12.9. The Kier molecular flexibility index (Phi) is 23.0. The number of carbonyl (C=O) groups is 12. The van der Waals surface area contributed by atoms with E-state index >= 15 is 0 Å². The number of aliphatic carboxylic acids is 3. The predicted octanol–water partition coefficient (Wildman–Crippen LogP) is -1.60. The molecule has 14 N–H and O–H groups in total. The third-order valence-corrected chi connectivity index (χ3v) is 17.1. The average molecular weight is 1140 g/mol. The molecule has 0 aromatic carbocycles. The fraction of sp³-hybridized carbons (Fsp3) is 0.646. The van der Waals surface area contributed by atoms with Gasteiger partial charge in [0.05, 0.1) is 32.5 Å². The minimum Gasteiger partial charge on any atom is -0.481 e. The van der Waals surface area contributed by atoms with Crippen LogP contribution in [0.5, 0.6) is 0 Å². The molecule has 30 heteroatoms. The normalized spacial score (nSPS) is 25.7. The number of carboxylic acids is 3. The zero-order valence-electron chi connectivity index (χ0n) is 43.3. The minimum atomic E-state index is -2.03. The lowest BCUT2D eigenvalue weighted by molar-refractivity contribution is -0.179. The second-order valence-electron chi connectivity index (χ2n) is 19.8. The molecule has 3 saturated carbocycles. The van der Waals surface area contributed by atoms with E-state index < -0.39 is 150 Å². The number of hydrogen-bond acceptors (Lipinski definition) is 20. The van der Waals surface area contributed by atoms with E-state index in [0.717, 1.165) is 41.2 Å². The van der Waals surface area contributed by atoms with Crippen LogP contribution in [0.25, 0.3) is 0 Å². The number of hydrogen-bond donors (Lipinski definition) is 13. The second kappa shape index (κ2) is 28.2. The number of rotatable bonds is 29. The van der Waals surface area contributed by atoms with E-state index in [0.29, 0.717) is 19.3 Å². The van der Waals surface area contributed by atoms with Gasteiger partial charge in [0.15, 0.2) is 18.3 Å². The maximum Gasteiger partial charge on any atom is 0.508 e. The number of aliphatic hydroxyl groups excluding tert-OH is 1. The molecule has 4 aliphatic carbocycles. The molecule has 0 aromatic heterocycles. The average Bonchev–Trinajstić information content (AvgIpc) is 3.63. The van der Waals surface area contributed by atoms with Crippen molar-refractivity contribution in [2.24, 2.45) is 34.3 Å². The van der Waals surface area contributed by atoms with E-state index in [-0.39, 0.29) is 73.9 Å². The van der Waals surface area contributed by atoms with Gasteiger partial charge in [-0.3, -0.25) is 53.4 Å². The van der Waals surface area contributed by atoms with Crippen LogP contribution in [-0.4, -0.2) is 183 Å². The van der Waals surface area contributed by atoms with Crippen LogP contribution >= 0.6 is 21.6 Å². The topological polar surface area (TPSA) is 456 Å². The summed E-state index contributed by atoms with van der Waals surface area (Å²) in [6.45, 7) is 3.65. The summed E-state index contributed by atoms with van der Waals surface area (Å²) in [7, 11) is 2.83. The van der Waals surface area contributed by atoms with E-state index in [1.165, 1.54) is 6.08 Å². The van der Waals surface area contributed by atoms with Crippen molar-refractivity contribution in [3.05, 3.63) is 23.8 Å². The van der Waals surface area contributed by atoms with E-state index in [4.69, 9.17) is 20.6 Å². The summed E-state index contributed by atoms with van der Waals surface area (Å²) >= 11 is 0. The van der Waals surface area contributed by atoms with Gasteiger partial charge in [0.1, 0.15) is 42.4 Å². The van der Waals surface area contributed by atoms with Gasteiger partial charge in [-0.1, -0.05) is 47.1 Å². The van der Waals surface area contributed by atoms with Crippen molar-refractivity contribution < 1.29 is 97.3 Å². The lowest BCUT2D eigenvalue weighted by Crippen LogP contribution is -2.61. The second-order valence-corrected chi connectivity index (χ2v) is 22.4. The number of amides is 5. The first-order valence-corrected chi connectivity index (χ1v) is 27.3. The van der Waals surface area contributed by atoms with Crippen molar-refractivity contribution in [3.8, 4) is 0 Å². The molecule has 4 aliphatic rings. The lowest BCUT2D eigenvalue weighted by atomic mass is 9.46. The Bertz CT molecular complexity index is 2410. The maximum atomic E-state index is 13.6. The predicted molar refractivity (Wildman–Crippen MR) is 273 cm³/mol. The Morgan fingerprint density at radius 2 is 1.40 bits per heavy atom. The van der Waals surface area contributed by atoms with Gasteiger partial charge in [-0.2, -0.15) is 0 Å². The highest BCUT2D eigenvalue weighted by Gasteiger charge is 2.68. The van der Waals surface area contributed by atoms with Crippen molar-refractivity contribution in [2.75, 3.05) is 38.4 Å². The molecule has 0 radical (unpaired) electrons. The highest BCUT2D eigenvalue weighted by Crippen LogP contribution is 2.67. The summed E-state index contributed by atoms with van der Waals surface area (Å²) in [4.78, 5) is 152. The molecule has 28 nitrogen and oxygen atoms in total. The quantitative estimate of drug-likeness (QED) is 0.0132. The van der Waals surface area contributed by atoms with Crippen molar-refractivity contribution in [3.63, 3.8) is 0 Å². The number of fused-ring (bicyclic) bond motifs is 5. The third-order valence-electron chi connectivity index (χ3n) is 14.7. The Morgan fingerprint density at radius 3 is 1.97 bits per heavy atom. The van der Waals surface area contributed by atoms with Gasteiger partial charge >= 0.3 is 30.0 Å². The monoisotopic (exact) mass is 1140 g/mol. The van der Waals surface area contributed by atoms with Gasteiger partial charge in [-0.15, -0.1) is 0 Å². The van der Waals surface area contributed by atoms with Crippen LogP contribution < -0.4 is 37.6 Å². The largest absolute Gasteiger partial charge is 0.508 e. The van der Waals surface area contributed by atoms with Crippen molar-refractivity contribution >= 4 is 98.7 Å². The first-order chi connectivity index (χ1) is 36.6. The van der Waals surface area contributed by atoms with Gasteiger partial charge in [0.2, 0.25) is 35.3 Å². The van der Waals surface area contributed by atoms with Crippen LogP contribution in [-0.2, 0) is 67.0 Å². The Morgan fingerprint density at radius 1 is 0.821 bits per heavy atom. The van der Waals surface area contributed by atoms with Gasteiger partial charge in [-0.05, 0) is 68.9 Å². The first-order valence-electron chi connectivity index (χ1n) is 24.8. The number of ether oxygens (including phenoxy) is 3. The number of Topliss-reactive ketones (excluding diaryl/α,β-unsaturated/α-hetero) is 1. The number of allylic oxidation sites excluding steroid dienone is 4. The first kappa shape index (κ1) is 63.7. The summed E-state index contributed by atoms with van der Waals surface area (Å²) in [5.41, 5.74) is 2.75. The molecule has 0 heterocycles. The van der Waals surface area contributed by atoms with Crippen molar-refractivity contribution in [2.45, 2.75) is 127 Å². The number of nitrogens with two attached hydrogens (primary N) is 1. The summed E-state index contributed by atoms with van der Waals surface area (Å²) in [6, 6.07) is -8.96. The number of carbonyl (C=O) groups excluding carboxylic acids is 9. The Labute approximate surface area is 455 Å². The number of aliphatic hydroxyl groups is 2. The molecule has 432 valence electrons. The van der Waals surface area contributed by atoms with Crippen LogP contribution in [0.2, 0.25) is 0 Å². The molecule has 0 saturated heterocycles. The van der Waals surface area contributed by atoms with E-state index in [1.54, 1.807) is 13.0 Å². The standard InChI is InChI=1S/C48H68N8O20S2/c1-23(57)52-29(17-35(61)62)40(67)53-28(6-5-13-51-44(49)50)39(66)54-30(18-36(63)64)41(68)55-31(19-37(65)74-4)42(69)56-32(43(70)71)22-78-77-15-14-75-45(72)76-21-34(60)48(73)12-10-27-26-8-7-24-16-25(58)9-11-46(24,2)38(26)33(59)20-47(27,48)3/h9,11,16,26-33,38,59,73H,5-8,10,12-15,17-22H2,1-4H3,(H,52,57)(H,53,67)(H,54,66)(H,55,68)(H,56,69)(H,61,62)(H,63,64)(H,70,71)(H4,49,50,51).